The molecule has 1 aliphatic heterocycles. The summed E-state index contributed by atoms with van der Waals surface area (Å²) in [4.78, 5) is 16.4. The largest absolute Gasteiger partial charge is 0.468 e. The summed E-state index contributed by atoms with van der Waals surface area (Å²) in [6.07, 6.45) is 2.94. The van der Waals surface area contributed by atoms with Crippen LogP contribution in [0.2, 0.25) is 0 Å². The first kappa shape index (κ1) is 19.0. The van der Waals surface area contributed by atoms with Gasteiger partial charge in [-0.2, -0.15) is 5.26 Å². The van der Waals surface area contributed by atoms with Crippen molar-refractivity contribution in [1.82, 2.24) is 15.1 Å². The fourth-order valence-electron chi connectivity index (χ4n) is 3.63. The zero-order valence-electron chi connectivity index (χ0n) is 15.9. The maximum atomic E-state index is 12.6. The maximum absolute atomic E-state index is 12.6. The second-order valence-corrected chi connectivity index (χ2v) is 7.23. The number of nitrogens with one attached hydrogen (secondary N) is 1. The molecule has 142 valence electrons. The average molecular weight is 366 g/mol. The number of nitrogens with zero attached hydrogens (tertiary/aromatic N) is 3. The first-order chi connectivity index (χ1) is 13.1. The maximum Gasteiger partial charge on any atom is 0.317 e. The Morgan fingerprint density at radius 1 is 1.26 bits per heavy atom. The van der Waals surface area contributed by atoms with Crippen molar-refractivity contribution in [2.24, 2.45) is 0 Å². The molecular weight excluding hydrogens is 340 g/mol. The number of likely N-dealkylation sites (tertiary alicyclic amines) is 1. The summed E-state index contributed by atoms with van der Waals surface area (Å²) in [6, 6.07) is 16.0. The molecule has 0 unspecified atom stereocenters. The van der Waals surface area contributed by atoms with Gasteiger partial charge >= 0.3 is 6.03 Å². The average Bonchev–Trinajstić information content (AvgIpc) is 3.23. The predicted molar refractivity (Wildman–Crippen MR) is 103 cm³/mol. The van der Waals surface area contributed by atoms with Crippen LogP contribution in [0.4, 0.5) is 4.79 Å². The molecule has 6 nitrogen and oxygen atoms in total. The number of benzene rings is 1. The van der Waals surface area contributed by atoms with Crippen LogP contribution in [0.25, 0.3) is 0 Å². The van der Waals surface area contributed by atoms with E-state index in [9.17, 15) is 10.1 Å². The van der Waals surface area contributed by atoms with Crippen molar-refractivity contribution < 1.29 is 9.21 Å². The monoisotopic (exact) mass is 366 g/mol. The molecule has 0 radical (unpaired) electrons. The number of amides is 2. The van der Waals surface area contributed by atoms with E-state index in [2.05, 4.69) is 11.4 Å². The van der Waals surface area contributed by atoms with E-state index in [1.807, 2.05) is 61.5 Å². The summed E-state index contributed by atoms with van der Waals surface area (Å²) in [7, 11) is 3.92. The third-order valence-corrected chi connectivity index (χ3v) is 5.39. The Morgan fingerprint density at radius 3 is 2.52 bits per heavy atom. The Kier molecular flexibility index (Phi) is 5.82. The lowest BCUT2D eigenvalue weighted by Crippen LogP contribution is -2.49. The lowest BCUT2D eigenvalue weighted by molar-refractivity contribution is 0.166. The van der Waals surface area contributed by atoms with Crippen molar-refractivity contribution >= 4 is 6.03 Å². The van der Waals surface area contributed by atoms with E-state index in [4.69, 9.17) is 4.42 Å². The molecule has 2 heterocycles. The second-order valence-electron chi connectivity index (χ2n) is 7.23. The van der Waals surface area contributed by atoms with Gasteiger partial charge in [0.15, 0.2) is 0 Å². The molecule has 3 rings (SSSR count). The highest BCUT2D eigenvalue weighted by Gasteiger charge is 2.37. The minimum Gasteiger partial charge on any atom is -0.468 e. The Bertz CT molecular complexity index is 772. The zero-order valence-corrected chi connectivity index (χ0v) is 15.9. The summed E-state index contributed by atoms with van der Waals surface area (Å²) in [5.74, 6) is 0.825. The Morgan fingerprint density at radius 2 is 1.96 bits per heavy atom. The predicted octanol–water partition coefficient (Wildman–Crippen LogP) is 3.15. The summed E-state index contributed by atoms with van der Waals surface area (Å²) >= 11 is 0. The SMILES string of the molecule is CN(C)[C@@H](CNC(=O)N1CCC(C#N)(c2ccccc2)CC1)c1ccco1. The van der Waals surface area contributed by atoms with Crippen molar-refractivity contribution in [3.8, 4) is 6.07 Å². The molecule has 0 spiro atoms. The van der Waals surface area contributed by atoms with Crippen LogP contribution in [0, 0.1) is 11.3 Å². The highest BCUT2D eigenvalue weighted by Crippen LogP contribution is 2.34. The lowest BCUT2D eigenvalue weighted by atomic mass is 9.74. The number of nitriles is 1. The molecule has 0 saturated carbocycles. The molecule has 2 aromatic rings. The smallest absolute Gasteiger partial charge is 0.317 e. The number of carbonyl (C=O) groups excluding carboxylic acids is 1. The van der Waals surface area contributed by atoms with Gasteiger partial charge < -0.3 is 14.6 Å². The van der Waals surface area contributed by atoms with Crippen molar-refractivity contribution in [1.29, 1.82) is 5.26 Å². The van der Waals surface area contributed by atoms with Gasteiger partial charge in [-0.15, -0.1) is 0 Å². The lowest BCUT2D eigenvalue weighted by Gasteiger charge is -2.37. The van der Waals surface area contributed by atoms with Gasteiger partial charge in [0.05, 0.1) is 23.8 Å². The van der Waals surface area contributed by atoms with Crippen molar-refractivity contribution in [2.45, 2.75) is 24.3 Å². The van der Waals surface area contributed by atoms with E-state index < -0.39 is 5.41 Å². The summed E-state index contributed by atoms with van der Waals surface area (Å²) in [6.45, 7) is 1.61. The summed E-state index contributed by atoms with van der Waals surface area (Å²) in [5, 5.41) is 12.8. The highest BCUT2D eigenvalue weighted by atomic mass is 16.3. The van der Waals surface area contributed by atoms with E-state index in [-0.39, 0.29) is 12.1 Å². The number of urea groups is 1. The molecule has 1 atom stereocenters. The van der Waals surface area contributed by atoms with Crippen molar-refractivity contribution in [3.63, 3.8) is 0 Å². The van der Waals surface area contributed by atoms with Crippen LogP contribution in [-0.2, 0) is 5.41 Å². The van der Waals surface area contributed by atoms with Gasteiger partial charge in [-0.25, -0.2) is 4.79 Å². The molecular formula is C21H26N4O2. The zero-order chi connectivity index (χ0) is 19.3. The number of carbonyl (C=O) groups is 1. The molecule has 2 amide bonds. The van der Waals surface area contributed by atoms with Gasteiger partial charge in [0.2, 0.25) is 0 Å². The molecule has 1 aromatic heterocycles. The molecule has 27 heavy (non-hydrogen) atoms. The van der Waals surface area contributed by atoms with Crippen LogP contribution in [0.15, 0.2) is 53.1 Å². The number of rotatable bonds is 5. The van der Waals surface area contributed by atoms with Crippen LogP contribution >= 0.6 is 0 Å². The molecule has 6 heteroatoms. The molecule has 1 N–H and O–H groups in total. The molecule has 1 aliphatic rings. The number of piperidine rings is 1. The highest BCUT2D eigenvalue weighted by molar-refractivity contribution is 5.74. The van der Waals surface area contributed by atoms with Crippen LogP contribution < -0.4 is 5.32 Å². The number of hydrogen-bond donors (Lipinski definition) is 1. The number of hydrogen-bond acceptors (Lipinski definition) is 4. The van der Waals surface area contributed by atoms with Gasteiger partial charge in [0.25, 0.3) is 0 Å². The van der Waals surface area contributed by atoms with E-state index in [0.717, 1.165) is 11.3 Å². The van der Waals surface area contributed by atoms with Crippen molar-refractivity contribution in [2.75, 3.05) is 33.7 Å². The van der Waals surface area contributed by atoms with Gasteiger partial charge in [0, 0.05) is 19.6 Å². The molecule has 1 aromatic carbocycles. The Hall–Kier alpha value is -2.78. The first-order valence-electron chi connectivity index (χ1n) is 9.25. The molecule has 1 fully saturated rings. The van der Waals surface area contributed by atoms with E-state index in [1.54, 1.807) is 11.2 Å². The Balaban J connectivity index is 1.58. The number of likely N-dealkylation sites (N-methyl/N-ethyl adjacent to an activating group) is 1. The van der Waals surface area contributed by atoms with Crippen LogP contribution in [-0.4, -0.2) is 49.6 Å². The fourth-order valence-corrected chi connectivity index (χ4v) is 3.63. The third kappa shape index (κ3) is 4.15. The van der Waals surface area contributed by atoms with Crippen LogP contribution in [0.5, 0.6) is 0 Å². The molecule has 1 saturated heterocycles. The normalized spacial score (nSPS) is 17.3. The molecule has 0 aliphatic carbocycles. The van der Waals surface area contributed by atoms with Crippen LogP contribution in [0.1, 0.15) is 30.2 Å². The quantitative estimate of drug-likeness (QED) is 0.882. The fraction of sp³-hybridized carbons (Fsp3) is 0.429. The van der Waals surface area contributed by atoms with Crippen molar-refractivity contribution in [3.05, 3.63) is 60.1 Å². The number of furan rings is 1. The van der Waals surface area contributed by atoms with E-state index in [0.29, 0.717) is 32.5 Å². The Labute approximate surface area is 160 Å². The molecule has 0 bridgehead atoms. The van der Waals surface area contributed by atoms with Gasteiger partial charge in [-0.05, 0) is 44.6 Å². The topological polar surface area (TPSA) is 72.5 Å². The van der Waals surface area contributed by atoms with Crippen LogP contribution in [0.3, 0.4) is 0 Å². The van der Waals surface area contributed by atoms with Gasteiger partial charge in [-0.3, -0.25) is 4.90 Å². The second kappa shape index (κ2) is 8.28. The third-order valence-electron chi connectivity index (χ3n) is 5.39. The minimum atomic E-state index is -0.502. The van der Waals surface area contributed by atoms with Gasteiger partial charge in [0.1, 0.15) is 5.76 Å². The summed E-state index contributed by atoms with van der Waals surface area (Å²) < 4.78 is 5.48. The summed E-state index contributed by atoms with van der Waals surface area (Å²) in [5.41, 5.74) is 0.538. The minimum absolute atomic E-state index is 0.0174. The first-order valence-corrected chi connectivity index (χ1v) is 9.25. The van der Waals surface area contributed by atoms with E-state index in [1.165, 1.54) is 0 Å². The standard InChI is InChI=1S/C21H26N4O2/c1-24(2)18(19-9-6-14-27-19)15-23-20(26)25-12-10-21(16-22,11-13-25)17-7-4-3-5-8-17/h3-9,14,18H,10-13,15H2,1-2H3,(H,23,26)/t18-/m0/s1. The van der Waals surface area contributed by atoms with E-state index >= 15 is 0 Å². The van der Waals surface area contributed by atoms with Gasteiger partial charge in [-0.1, -0.05) is 30.3 Å².